The molecule has 0 bridgehead atoms. The summed E-state index contributed by atoms with van der Waals surface area (Å²) in [6.45, 7) is 7.50. The zero-order chi connectivity index (χ0) is 13.1. The monoisotopic (exact) mass is 248 g/mol. The van der Waals surface area contributed by atoms with Crippen molar-refractivity contribution in [2.75, 3.05) is 26.7 Å². The maximum Gasteiger partial charge on any atom is 0.0942 e. The summed E-state index contributed by atoms with van der Waals surface area (Å²) in [5.41, 5.74) is 1.01. The van der Waals surface area contributed by atoms with Gasteiger partial charge in [0, 0.05) is 31.7 Å². The zero-order valence-electron chi connectivity index (χ0n) is 11.6. The molecule has 0 saturated carbocycles. The first-order chi connectivity index (χ1) is 8.59. The van der Waals surface area contributed by atoms with Crippen molar-refractivity contribution in [2.24, 2.45) is 0 Å². The van der Waals surface area contributed by atoms with Crippen molar-refractivity contribution in [3.05, 3.63) is 35.9 Å². The molecule has 0 radical (unpaired) electrons. The van der Waals surface area contributed by atoms with Crippen molar-refractivity contribution in [1.29, 1.82) is 0 Å². The molecule has 0 amide bonds. The van der Waals surface area contributed by atoms with E-state index < -0.39 is 6.10 Å². The maximum atomic E-state index is 10.4. The first-order valence-electron chi connectivity index (χ1n) is 6.77. The molecule has 0 spiro atoms. The zero-order valence-corrected chi connectivity index (χ0v) is 11.6. The molecule has 1 aliphatic heterocycles. The van der Waals surface area contributed by atoms with E-state index in [2.05, 4.69) is 30.7 Å². The fourth-order valence-corrected chi connectivity index (χ4v) is 2.57. The Hall–Kier alpha value is -0.900. The highest BCUT2D eigenvalue weighted by molar-refractivity contribution is 5.18. The van der Waals surface area contributed by atoms with Gasteiger partial charge < -0.3 is 10.0 Å². The van der Waals surface area contributed by atoms with Gasteiger partial charge in [-0.05, 0) is 26.5 Å². The van der Waals surface area contributed by atoms with Crippen LogP contribution in [0.1, 0.15) is 25.5 Å². The van der Waals surface area contributed by atoms with Crippen LogP contribution in [0.5, 0.6) is 0 Å². The highest BCUT2D eigenvalue weighted by atomic mass is 16.3. The molecule has 1 fully saturated rings. The van der Waals surface area contributed by atoms with Crippen LogP contribution in [0, 0.1) is 0 Å². The van der Waals surface area contributed by atoms with Gasteiger partial charge in [-0.15, -0.1) is 0 Å². The molecule has 1 aromatic carbocycles. The quantitative estimate of drug-likeness (QED) is 0.883. The number of rotatable bonds is 3. The molecule has 18 heavy (non-hydrogen) atoms. The Kier molecular flexibility index (Phi) is 4.38. The molecule has 0 aliphatic carbocycles. The Morgan fingerprint density at radius 2 is 1.89 bits per heavy atom. The molecule has 1 aromatic rings. The Labute approximate surface area is 110 Å². The van der Waals surface area contributed by atoms with Crippen LogP contribution in [0.3, 0.4) is 0 Å². The van der Waals surface area contributed by atoms with Gasteiger partial charge >= 0.3 is 0 Å². The lowest BCUT2D eigenvalue weighted by molar-refractivity contribution is 0.0136. The minimum atomic E-state index is -0.401. The molecule has 3 atom stereocenters. The molecular weight excluding hydrogens is 224 g/mol. The maximum absolute atomic E-state index is 10.4. The number of hydrogen-bond donors (Lipinski definition) is 1. The van der Waals surface area contributed by atoms with Crippen LogP contribution in [0.2, 0.25) is 0 Å². The summed E-state index contributed by atoms with van der Waals surface area (Å²) < 4.78 is 0. The predicted molar refractivity (Wildman–Crippen MR) is 74.5 cm³/mol. The second-order valence-corrected chi connectivity index (χ2v) is 5.42. The van der Waals surface area contributed by atoms with E-state index in [4.69, 9.17) is 0 Å². The molecule has 3 heteroatoms. The standard InChI is InChI=1S/C15H24N2O/c1-12-11-17(10-9-16(12)3)13(2)15(18)14-7-5-4-6-8-14/h4-8,12-13,15,18H,9-11H2,1-3H3. The van der Waals surface area contributed by atoms with E-state index >= 15 is 0 Å². The average molecular weight is 248 g/mol. The topological polar surface area (TPSA) is 26.7 Å². The molecule has 0 aromatic heterocycles. The van der Waals surface area contributed by atoms with Crippen LogP contribution >= 0.6 is 0 Å². The van der Waals surface area contributed by atoms with Crippen molar-refractivity contribution in [3.8, 4) is 0 Å². The van der Waals surface area contributed by atoms with Crippen LogP contribution in [0.4, 0.5) is 0 Å². The number of aliphatic hydroxyl groups is 1. The summed E-state index contributed by atoms with van der Waals surface area (Å²) in [7, 11) is 2.17. The largest absolute Gasteiger partial charge is 0.387 e. The van der Waals surface area contributed by atoms with Gasteiger partial charge in [-0.2, -0.15) is 0 Å². The van der Waals surface area contributed by atoms with E-state index in [1.165, 1.54) is 0 Å². The number of piperazine rings is 1. The van der Waals surface area contributed by atoms with Crippen LogP contribution in [0.25, 0.3) is 0 Å². The average Bonchev–Trinajstić information content (AvgIpc) is 2.41. The molecule has 3 nitrogen and oxygen atoms in total. The summed E-state index contributed by atoms with van der Waals surface area (Å²) in [4.78, 5) is 4.76. The fraction of sp³-hybridized carbons (Fsp3) is 0.600. The van der Waals surface area contributed by atoms with Gasteiger partial charge in [0.15, 0.2) is 0 Å². The number of benzene rings is 1. The molecule has 100 valence electrons. The fourth-order valence-electron chi connectivity index (χ4n) is 2.57. The van der Waals surface area contributed by atoms with Crippen molar-refractivity contribution < 1.29 is 5.11 Å². The lowest BCUT2D eigenvalue weighted by Crippen LogP contribution is -2.53. The third-order valence-corrected chi connectivity index (χ3v) is 4.17. The van der Waals surface area contributed by atoms with Gasteiger partial charge in [-0.1, -0.05) is 30.3 Å². The van der Waals surface area contributed by atoms with E-state index in [9.17, 15) is 5.11 Å². The van der Waals surface area contributed by atoms with Crippen molar-refractivity contribution in [2.45, 2.75) is 32.0 Å². The van der Waals surface area contributed by atoms with E-state index in [0.717, 1.165) is 25.2 Å². The Balaban J connectivity index is 2.01. The van der Waals surface area contributed by atoms with Crippen molar-refractivity contribution in [1.82, 2.24) is 9.80 Å². The minimum absolute atomic E-state index is 0.170. The van der Waals surface area contributed by atoms with Crippen molar-refractivity contribution in [3.63, 3.8) is 0 Å². The van der Waals surface area contributed by atoms with Gasteiger partial charge in [0.05, 0.1) is 6.10 Å². The Morgan fingerprint density at radius 3 is 2.50 bits per heavy atom. The molecular formula is C15H24N2O. The van der Waals surface area contributed by atoms with Crippen LogP contribution in [-0.4, -0.2) is 53.7 Å². The summed E-state index contributed by atoms with van der Waals surface area (Å²) >= 11 is 0. The second-order valence-electron chi connectivity index (χ2n) is 5.42. The summed E-state index contributed by atoms with van der Waals surface area (Å²) in [6.07, 6.45) is -0.401. The summed E-state index contributed by atoms with van der Waals surface area (Å²) in [5.74, 6) is 0. The normalized spacial score (nSPS) is 25.9. The van der Waals surface area contributed by atoms with Gasteiger partial charge in [0.2, 0.25) is 0 Å². The molecule has 1 aliphatic rings. The third-order valence-electron chi connectivity index (χ3n) is 4.17. The summed E-state index contributed by atoms with van der Waals surface area (Å²) in [6, 6.07) is 10.7. The molecule has 1 heterocycles. The van der Waals surface area contributed by atoms with E-state index in [0.29, 0.717) is 6.04 Å². The first kappa shape index (κ1) is 13.5. The van der Waals surface area contributed by atoms with Gasteiger partial charge in [0.25, 0.3) is 0 Å². The summed E-state index contributed by atoms with van der Waals surface area (Å²) in [5, 5.41) is 10.4. The number of likely N-dealkylation sites (N-methyl/N-ethyl adjacent to an activating group) is 1. The lowest BCUT2D eigenvalue weighted by Gasteiger charge is -2.42. The predicted octanol–water partition coefficient (Wildman–Crippen LogP) is 1.74. The van der Waals surface area contributed by atoms with E-state index in [1.807, 2.05) is 30.3 Å². The van der Waals surface area contributed by atoms with Gasteiger partial charge in [0.1, 0.15) is 0 Å². The number of nitrogens with zero attached hydrogens (tertiary/aromatic N) is 2. The minimum Gasteiger partial charge on any atom is -0.387 e. The van der Waals surface area contributed by atoms with Crippen LogP contribution < -0.4 is 0 Å². The molecule has 1 saturated heterocycles. The van der Waals surface area contributed by atoms with Crippen molar-refractivity contribution >= 4 is 0 Å². The smallest absolute Gasteiger partial charge is 0.0942 e. The van der Waals surface area contributed by atoms with E-state index in [-0.39, 0.29) is 6.04 Å². The molecule has 1 N–H and O–H groups in total. The number of aliphatic hydroxyl groups excluding tert-OH is 1. The SMILES string of the molecule is CC1CN(C(C)C(O)c2ccccc2)CCN1C. The third kappa shape index (κ3) is 2.91. The first-order valence-corrected chi connectivity index (χ1v) is 6.77. The van der Waals surface area contributed by atoms with Crippen LogP contribution in [0.15, 0.2) is 30.3 Å². The second kappa shape index (κ2) is 5.83. The Bertz CT molecular complexity index is 368. The van der Waals surface area contributed by atoms with Gasteiger partial charge in [-0.3, -0.25) is 4.90 Å². The Morgan fingerprint density at radius 1 is 1.22 bits per heavy atom. The highest BCUT2D eigenvalue weighted by Crippen LogP contribution is 2.22. The van der Waals surface area contributed by atoms with Gasteiger partial charge in [-0.25, -0.2) is 0 Å². The lowest BCUT2D eigenvalue weighted by atomic mass is 10.0. The molecule has 2 rings (SSSR count). The highest BCUT2D eigenvalue weighted by Gasteiger charge is 2.28. The number of hydrogen-bond acceptors (Lipinski definition) is 3. The van der Waals surface area contributed by atoms with Crippen LogP contribution in [-0.2, 0) is 0 Å². The molecule has 3 unspecified atom stereocenters. The van der Waals surface area contributed by atoms with E-state index in [1.54, 1.807) is 0 Å².